The maximum atomic E-state index is 13.2. The van der Waals surface area contributed by atoms with Crippen LogP contribution in [0.2, 0.25) is 0 Å². The molecule has 1 aliphatic rings. The molecule has 0 aliphatic carbocycles. The number of carbonyl (C=O) groups is 1. The van der Waals surface area contributed by atoms with E-state index in [0.29, 0.717) is 5.92 Å². The summed E-state index contributed by atoms with van der Waals surface area (Å²) in [5.74, 6) is -0.452. The van der Waals surface area contributed by atoms with Gasteiger partial charge in [0.15, 0.2) is 0 Å². The average Bonchev–Trinajstić information content (AvgIpc) is 2.79. The molecule has 0 radical (unpaired) electrons. The highest BCUT2D eigenvalue weighted by Crippen LogP contribution is 2.23. The fraction of sp³-hybridized carbons (Fsp3) is 0.533. The quantitative estimate of drug-likeness (QED) is 0.890. The van der Waals surface area contributed by atoms with Gasteiger partial charge in [0.1, 0.15) is 5.82 Å². The van der Waals surface area contributed by atoms with Crippen LogP contribution in [-0.4, -0.2) is 29.1 Å². The van der Waals surface area contributed by atoms with Gasteiger partial charge in [0.25, 0.3) is 0 Å². The van der Waals surface area contributed by atoms with Crippen molar-refractivity contribution >= 4 is 5.97 Å². The fourth-order valence-electron chi connectivity index (χ4n) is 2.67. The second-order valence-electron chi connectivity index (χ2n) is 5.39. The van der Waals surface area contributed by atoms with Crippen LogP contribution in [0.3, 0.4) is 0 Å². The van der Waals surface area contributed by atoms with E-state index < -0.39 is 5.97 Å². The lowest BCUT2D eigenvalue weighted by Gasteiger charge is -2.17. The van der Waals surface area contributed by atoms with E-state index in [-0.39, 0.29) is 12.2 Å². The van der Waals surface area contributed by atoms with E-state index in [4.69, 9.17) is 5.11 Å². The zero-order valence-corrected chi connectivity index (χ0v) is 11.2. The zero-order chi connectivity index (χ0) is 13.8. The molecule has 1 saturated heterocycles. The summed E-state index contributed by atoms with van der Waals surface area (Å²) >= 11 is 0. The Kier molecular flexibility index (Phi) is 4.53. The molecule has 1 aromatic carbocycles. The van der Waals surface area contributed by atoms with Crippen LogP contribution >= 0.6 is 0 Å². The summed E-state index contributed by atoms with van der Waals surface area (Å²) in [6.07, 6.45) is 2.03. The van der Waals surface area contributed by atoms with Gasteiger partial charge >= 0.3 is 5.97 Å². The number of carboxylic acids is 1. The molecule has 104 valence electrons. The number of aryl methyl sites for hydroxylation is 1. The smallest absolute Gasteiger partial charge is 0.303 e. The van der Waals surface area contributed by atoms with Crippen molar-refractivity contribution in [2.45, 2.75) is 32.7 Å². The van der Waals surface area contributed by atoms with Crippen LogP contribution in [0.4, 0.5) is 4.39 Å². The van der Waals surface area contributed by atoms with Gasteiger partial charge in [-0.1, -0.05) is 6.07 Å². The van der Waals surface area contributed by atoms with E-state index in [0.717, 1.165) is 43.6 Å². The van der Waals surface area contributed by atoms with Crippen molar-refractivity contribution in [3.63, 3.8) is 0 Å². The predicted molar refractivity (Wildman–Crippen MR) is 71.4 cm³/mol. The van der Waals surface area contributed by atoms with E-state index in [2.05, 4.69) is 4.90 Å². The first-order valence-corrected chi connectivity index (χ1v) is 6.74. The molecule has 0 spiro atoms. The minimum atomic E-state index is -0.723. The molecular formula is C15H20FNO2. The molecule has 0 aromatic heterocycles. The average molecular weight is 265 g/mol. The number of halogens is 1. The van der Waals surface area contributed by atoms with Crippen molar-refractivity contribution in [3.05, 3.63) is 35.1 Å². The Morgan fingerprint density at radius 3 is 3.05 bits per heavy atom. The fourth-order valence-corrected chi connectivity index (χ4v) is 2.67. The molecular weight excluding hydrogens is 245 g/mol. The molecule has 0 amide bonds. The third-order valence-corrected chi connectivity index (χ3v) is 3.84. The summed E-state index contributed by atoms with van der Waals surface area (Å²) in [6, 6.07) is 4.89. The molecule has 1 N–H and O–H groups in total. The van der Waals surface area contributed by atoms with E-state index in [9.17, 15) is 9.18 Å². The Labute approximate surface area is 113 Å². The number of carboxylic acid groups (broad SMARTS) is 1. The lowest BCUT2D eigenvalue weighted by molar-refractivity contribution is -0.137. The minimum Gasteiger partial charge on any atom is -0.481 e. The van der Waals surface area contributed by atoms with Crippen LogP contribution < -0.4 is 0 Å². The van der Waals surface area contributed by atoms with E-state index in [1.807, 2.05) is 13.0 Å². The van der Waals surface area contributed by atoms with E-state index in [1.165, 1.54) is 6.07 Å². The zero-order valence-electron chi connectivity index (χ0n) is 11.2. The number of aliphatic carboxylic acids is 1. The minimum absolute atomic E-state index is 0.192. The number of likely N-dealkylation sites (tertiary alicyclic amines) is 1. The summed E-state index contributed by atoms with van der Waals surface area (Å²) in [5.41, 5.74) is 2.13. The van der Waals surface area contributed by atoms with Gasteiger partial charge < -0.3 is 5.11 Å². The first-order valence-electron chi connectivity index (χ1n) is 6.74. The first kappa shape index (κ1) is 14.0. The number of benzene rings is 1. The van der Waals surface area contributed by atoms with Crippen molar-refractivity contribution in [2.24, 2.45) is 5.92 Å². The van der Waals surface area contributed by atoms with Gasteiger partial charge in [0, 0.05) is 19.5 Å². The standard InChI is InChI=1S/C15H20FNO2/c1-11-2-4-14(16)8-13(11)10-17-7-6-12(9-17)3-5-15(18)19/h2,4,8,12H,3,5-7,9-10H2,1H3,(H,18,19). The Hall–Kier alpha value is -1.42. The van der Waals surface area contributed by atoms with Crippen LogP contribution in [0.5, 0.6) is 0 Å². The summed E-state index contributed by atoms with van der Waals surface area (Å²) in [7, 11) is 0. The maximum Gasteiger partial charge on any atom is 0.303 e. The molecule has 1 aromatic rings. The topological polar surface area (TPSA) is 40.5 Å². The monoisotopic (exact) mass is 265 g/mol. The van der Waals surface area contributed by atoms with E-state index >= 15 is 0 Å². The molecule has 1 fully saturated rings. The molecule has 4 heteroatoms. The SMILES string of the molecule is Cc1ccc(F)cc1CN1CCC(CCC(=O)O)C1. The van der Waals surface area contributed by atoms with Gasteiger partial charge in [-0.2, -0.15) is 0 Å². The van der Waals surface area contributed by atoms with Gasteiger partial charge in [-0.25, -0.2) is 4.39 Å². The molecule has 2 rings (SSSR count). The largest absolute Gasteiger partial charge is 0.481 e. The first-order chi connectivity index (χ1) is 9.04. The highest BCUT2D eigenvalue weighted by molar-refractivity contribution is 5.66. The van der Waals surface area contributed by atoms with Crippen molar-refractivity contribution in [2.75, 3.05) is 13.1 Å². The number of rotatable bonds is 5. The molecule has 0 saturated carbocycles. The normalized spacial score (nSPS) is 19.8. The highest BCUT2D eigenvalue weighted by Gasteiger charge is 2.23. The van der Waals surface area contributed by atoms with E-state index in [1.54, 1.807) is 6.07 Å². The van der Waals surface area contributed by atoms with Crippen LogP contribution in [0.1, 0.15) is 30.4 Å². The second-order valence-corrected chi connectivity index (χ2v) is 5.39. The number of hydrogen-bond donors (Lipinski definition) is 1. The third kappa shape index (κ3) is 4.03. The molecule has 1 atom stereocenters. The summed E-state index contributed by atoms with van der Waals surface area (Å²) in [5, 5.41) is 8.69. The number of hydrogen-bond acceptors (Lipinski definition) is 2. The summed E-state index contributed by atoms with van der Waals surface area (Å²) in [4.78, 5) is 12.8. The van der Waals surface area contributed by atoms with Gasteiger partial charge in [-0.15, -0.1) is 0 Å². The van der Waals surface area contributed by atoms with Gasteiger partial charge in [-0.3, -0.25) is 9.69 Å². The molecule has 1 unspecified atom stereocenters. The van der Waals surface area contributed by atoms with Crippen LogP contribution in [-0.2, 0) is 11.3 Å². The second kappa shape index (κ2) is 6.15. The summed E-state index contributed by atoms with van der Waals surface area (Å²) < 4.78 is 13.2. The lowest BCUT2D eigenvalue weighted by atomic mass is 10.0. The van der Waals surface area contributed by atoms with Crippen molar-refractivity contribution in [1.29, 1.82) is 0 Å². The van der Waals surface area contributed by atoms with Crippen molar-refractivity contribution in [3.8, 4) is 0 Å². The molecule has 1 heterocycles. The van der Waals surface area contributed by atoms with Gasteiger partial charge in [0.05, 0.1) is 0 Å². The molecule has 0 bridgehead atoms. The highest BCUT2D eigenvalue weighted by atomic mass is 19.1. The Bertz CT molecular complexity index is 461. The molecule has 3 nitrogen and oxygen atoms in total. The Morgan fingerprint density at radius 1 is 1.53 bits per heavy atom. The van der Waals surface area contributed by atoms with Crippen LogP contribution in [0.25, 0.3) is 0 Å². The van der Waals surface area contributed by atoms with Crippen molar-refractivity contribution < 1.29 is 14.3 Å². The summed E-state index contributed by atoms with van der Waals surface area (Å²) in [6.45, 7) is 4.64. The molecule has 1 aliphatic heterocycles. The predicted octanol–water partition coefficient (Wildman–Crippen LogP) is 2.82. The Balaban J connectivity index is 1.87. The maximum absolute atomic E-state index is 13.2. The lowest BCUT2D eigenvalue weighted by Crippen LogP contribution is -2.21. The molecule has 19 heavy (non-hydrogen) atoms. The van der Waals surface area contributed by atoms with Crippen LogP contribution in [0.15, 0.2) is 18.2 Å². The third-order valence-electron chi connectivity index (χ3n) is 3.84. The van der Waals surface area contributed by atoms with Gasteiger partial charge in [0.2, 0.25) is 0 Å². The Morgan fingerprint density at radius 2 is 2.32 bits per heavy atom. The van der Waals surface area contributed by atoms with Crippen molar-refractivity contribution in [1.82, 2.24) is 4.90 Å². The van der Waals surface area contributed by atoms with Crippen LogP contribution in [0, 0.1) is 18.7 Å². The number of nitrogens with zero attached hydrogens (tertiary/aromatic N) is 1. The van der Waals surface area contributed by atoms with Gasteiger partial charge in [-0.05, 0) is 55.5 Å².